The number of aryl methyl sites for hydroxylation is 1. The second-order valence-corrected chi connectivity index (χ2v) is 6.06. The lowest BCUT2D eigenvalue weighted by molar-refractivity contribution is 1.35. The SMILES string of the molecule is Cc1ccc(-c2nc3c([nH]c(=O)c4ccccc43)s2)cc1. The van der Waals surface area contributed by atoms with Crippen molar-refractivity contribution >= 4 is 32.5 Å². The van der Waals surface area contributed by atoms with Crippen molar-refractivity contribution in [2.75, 3.05) is 0 Å². The van der Waals surface area contributed by atoms with Crippen LogP contribution < -0.4 is 5.56 Å². The molecule has 0 radical (unpaired) electrons. The fourth-order valence-corrected chi connectivity index (χ4v) is 3.45. The van der Waals surface area contributed by atoms with Crippen LogP contribution in [0.25, 0.3) is 31.7 Å². The van der Waals surface area contributed by atoms with Crippen molar-refractivity contribution < 1.29 is 0 Å². The van der Waals surface area contributed by atoms with Gasteiger partial charge in [0.15, 0.2) is 0 Å². The van der Waals surface area contributed by atoms with Crippen molar-refractivity contribution in [2.45, 2.75) is 6.92 Å². The molecule has 4 aromatic rings. The lowest BCUT2D eigenvalue weighted by Crippen LogP contribution is -2.04. The smallest absolute Gasteiger partial charge is 0.257 e. The molecule has 2 heterocycles. The van der Waals surface area contributed by atoms with Crippen LogP contribution in [0.5, 0.6) is 0 Å². The largest absolute Gasteiger partial charge is 0.312 e. The number of aromatic nitrogens is 2. The quantitative estimate of drug-likeness (QED) is 0.574. The zero-order valence-corrected chi connectivity index (χ0v) is 12.2. The van der Waals surface area contributed by atoms with Gasteiger partial charge in [0.1, 0.15) is 15.4 Å². The molecule has 102 valence electrons. The zero-order chi connectivity index (χ0) is 14.4. The van der Waals surface area contributed by atoms with Gasteiger partial charge in [-0.15, -0.1) is 0 Å². The lowest BCUT2D eigenvalue weighted by Gasteiger charge is -1.96. The third-order valence-corrected chi connectivity index (χ3v) is 4.60. The van der Waals surface area contributed by atoms with Crippen molar-refractivity contribution in [1.82, 2.24) is 9.97 Å². The Balaban J connectivity index is 2.04. The van der Waals surface area contributed by atoms with Gasteiger partial charge in [-0.3, -0.25) is 4.79 Å². The number of aromatic amines is 1. The molecule has 2 aromatic carbocycles. The van der Waals surface area contributed by atoms with Crippen LogP contribution in [0.15, 0.2) is 53.3 Å². The number of hydrogen-bond donors (Lipinski definition) is 1. The van der Waals surface area contributed by atoms with Gasteiger partial charge in [0.25, 0.3) is 5.56 Å². The second-order valence-electron chi connectivity index (χ2n) is 5.06. The first-order valence-corrected chi connectivity index (χ1v) is 7.52. The summed E-state index contributed by atoms with van der Waals surface area (Å²) in [5, 5.41) is 2.52. The number of H-pyrrole nitrogens is 1. The molecule has 4 heteroatoms. The van der Waals surface area contributed by atoms with Crippen molar-refractivity contribution in [3.05, 3.63) is 64.4 Å². The van der Waals surface area contributed by atoms with E-state index in [1.54, 1.807) is 0 Å². The summed E-state index contributed by atoms with van der Waals surface area (Å²) in [4.78, 5) is 20.6. The molecular weight excluding hydrogens is 280 g/mol. The molecule has 0 fully saturated rings. The molecular formula is C17H12N2OS. The Labute approximate surface area is 124 Å². The van der Waals surface area contributed by atoms with E-state index in [0.717, 1.165) is 26.3 Å². The molecule has 0 aliphatic carbocycles. The van der Waals surface area contributed by atoms with Crippen LogP contribution in [-0.2, 0) is 0 Å². The molecule has 21 heavy (non-hydrogen) atoms. The van der Waals surface area contributed by atoms with E-state index in [9.17, 15) is 4.79 Å². The zero-order valence-electron chi connectivity index (χ0n) is 11.4. The third kappa shape index (κ3) is 1.96. The number of nitrogens with zero attached hydrogens (tertiary/aromatic N) is 1. The average molecular weight is 292 g/mol. The van der Waals surface area contributed by atoms with E-state index in [-0.39, 0.29) is 5.56 Å². The van der Waals surface area contributed by atoms with Crippen LogP contribution in [0, 0.1) is 6.92 Å². The maximum absolute atomic E-state index is 12.1. The van der Waals surface area contributed by atoms with E-state index in [4.69, 9.17) is 4.98 Å². The van der Waals surface area contributed by atoms with Gasteiger partial charge in [0, 0.05) is 16.3 Å². The Bertz CT molecular complexity index is 1010. The molecule has 0 bridgehead atoms. The Morgan fingerprint density at radius 2 is 1.71 bits per heavy atom. The monoisotopic (exact) mass is 292 g/mol. The fraction of sp³-hybridized carbons (Fsp3) is 0.0588. The molecule has 0 spiro atoms. The van der Waals surface area contributed by atoms with Crippen LogP contribution in [0.2, 0.25) is 0 Å². The number of thiazole rings is 1. The summed E-state index contributed by atoms with van der Waals surface area (Å²) in [6.45, 7) is 2.06. The first-order valence-electron chi connectivity index (χ1n) is 6.71. The van der Waals surface area contributed by atoms with Crippen LogP contribution in [0.3, 0.4) is 0 Å². The number of rotatable bonds is 1. The molecule has 0 amide bonds. The number of hydrogen-bond acceptors (Lipinski definition) is 3. The molecule has 0 atom stereocenters. The van der Waals surface area contributed by atoms with Gasteiger partial charge in [-0.1, -0.05) is 59.4 Å². The maximum atomic E-state index is 12.1. The van der Waals surface area contributed by atoms with E-state index in [1.807, 2.05) is 24.3 Å². The predicted octanol–water partition coefficient (Wildman–Crippen LogP) is 4.11. The van der Waals surface area contributed by atoms with Gasteiger partial charge >= 0.3 is 0 Å². The third-order valence-electron chi connectivity index (χ3n) is 3.58. The normalized spacial score (nSPS) is 11.3. The van der Waals surface area contributed by atoms with Crippen molar-refractivity contribution in [3.8, 4) is 10.6 Å². The first-order chi connectivity index (χ1) is 10.2. The Morgan fingerprint density at radius 3 is 2.48 bits per heavy atom. The highest BCUT2D eigenvalue weighted by Gasteiger charge is 2.11. The summed E-state index contributed by atoms with van der Waals surface area (Å²) in [6.07, 6.45) is 0. The molecule has 3 nitrogen and oxygen atoms in total. The lowest BCUT2D eigenvalue weighted by atomic mass is 10.1. The van der Waals surface area contributed by atoms with E-state index < -0.39 is 0 Å². The maximum Gasteiger partial charge on any atom is 0.257 e. The first kappa shape index (κ1) is 12.3. The average Bonchev–Trinajstić information content (AvgIpc) is 2.92. The minimum absolute atomic E-state index is 0.0581. The summed E-state index contributed by atoms with van der Waals surface area (Å²) in [7, 11) is 0. The van der Waals surface area contributed by atoms with Crippen LogP contribution in [0.4, 0.5) is 0 Å². The Hall–Kier alpha value is -2.46. The molecule has 0 aliphatic rings. The molecule has 4 rings (SSSR count). The summed E-state index contributed by atoms with van der Waals surface area (Å²) >= 11 is 1.52. The summed E-state index contributed by atoms with van der Waals surface area (Å²) in [6, 6.07) is 15.9. The number of fused-ring (bicyclic) bond motifs is 3. The van der Waals surface area contributed by atoms with Gasteiger partial charge in [-0.2, -0.15) is 0 Å². The van der Waals surface area contributed by atoms with Crippen LogP contribution in [0.1, 0.15) is 5.56 Å². The van der Waals surface area contributed by atoms with Crippen LogP contribution >= 0.6 is 11.3 Å². The number of nitrogens with one attached hydrogen (secondary N) is 1. The molecule has 0 unspecified atom stereocenters. The van der Waals surface area contributed by atoms with Gasteiger partial charge in [-0.25, -0.2) is 4.98 Å². The molecule has 0 saturated heterocycles. The molecule has 1 N–H and O–H groups in total. The van der Waals surface area contributed by atoms with E-state index in [0.29, 0.717) is 5.39 Å². The predicted molar refractivity (Wildman–Crippen MR) is 87.9 cm³/mol. The van der Waals surface area contributed by atoms with Gasteiger partial charge in [-0.05, 0) is 13.0 Å². The van der Waals surface area contributed by atoms with Crippen molar-refractivity contribution in [1.29, 1.82) is 0 Å². The van der Waals surface area contributed by atoms with E-state index in [2.05, 4.69) is 36.2 Å². The summed E-state index contributed by atoms with van der Waals surface area (Å²) in [5.41, 5.74) is 3.11. The van der Waals surface area contributed by atoms with Gasteiger partial charge < -0.3 is 4.98 Å². The fourth-order valence-electron chi connectivity index (χ4n) is 2.47. The van der Waals surface area contributed by atoms with E-state index >= 15 is 0 Å². The van der Waals surface area contributed by atoms with E-state index in [1.165, 1.54) is 16.9 Å². The minimum Gasteiger partial charge on any atom is -0.312 e. The van der Waals surface area contributed by atoms with Gasteiger partial charge in [0.2, 0.25) is 0 Å². The Kier molecular flexibility index (Phi) is 2.65. The van der Waals surface area contributed by atoms with Crippen molar-refractivity contribution in [3.63, 3.8) is 0 Å². The second kappa shape index (κ2) is 4.53. The summed E-state index contributed by atoms with van der Waals surface area (Å²) < 4.78 is 0. The molecule has 0 aliphatic heterocycles. The highest BCUT2D eigenvalue weighted by Crippen LogP contribution is 2.31. The molecule has 2 aromatic heterocycles. The highest BCUT2D eigenvalue weighted by atomic mass is 32.1. The van der Waals surface area contributed by atoms with Crippen LogP contribution in [-0.4, -0.2) is 9.97 Å². The Morgan fingerprint density at radius 1 is 1.00 bits per heavy atom. The number of pyridine rings is 1. The van der Waals surface area contributed by atoms with Gasteiger partial charge in [0.05, 0.1) is 0 Å². The highest BCUT2D eigenvalue weighted by molar-refractivity contribution is 7.21. The van der Waals surface area contributed by atoms with Crippen molar-refractivity contribution in [2.24, 2.45) is 0 Å². The topological polar surface area (TPSA) is 45.8 Å². The standard InChI is InChI=1S/C17H12N2OS/c1-10-6-8-11(9-7-10)16-18-14-12-4-2-3-5-13(12)15(20)19-17(14)21-16/h2-9H,1H3,(H,19,20). The summed E-state index contributed by atoms with van der Waals surface area (Å²) in [5.74, 6) is 0. The number of benzene rings is 2. The minimum atomic E-state index is -0.0581. The molecule has 0 saturated carbocycles.